The van der Waals surface area contributed by atoms with Crippen molar-refractivity contribution in [1.29, 1.82) is 0 Å². The van der Waals surface area contributed by atoms with Crippen molar-refractivity contribution in [2.24, 2.45) is 10.7 Å². The van der Waals surface area contributed by atoms with Crippen LogP contribution >= 0.6 is 0 Å². The molecule has 10 nitrogen and oxygen atoms in total. The van der Waals surface area contributed by atoms with E-state index in [9.17, 15) is 14.4 Å². The molecule has 1 aromatic carbocycles. The molecule has 1 saturated heterocycles. The number of rotatable bonds is 7. The Labute approximate surface area is 169 Å². The Morgan fingerprint density at radius 1 is 1.07 bits per heavy atom. The summed E-state index contributed by atoms with van der Waals surface area (Å²) < 4.78 is 9.01. The number of amides is 2. The van der Waals surface area contributed by atoms with Gasteiger partial charge in [-0.1, -0.05) is 0 Å². The van der Waals surface area contributed by atoms with E-state index in [1.165, 1.54) is 14.2 Å². The summed E-state index contributed by atoms with van der Waals surface area (Å²) in [5, 5.41) is 2.72. The maximum absolute atomic E-state index is 12.0. The van der Waals surface area contributed by atoms with Crippen molar-refractivity contribution in [2.75, 3.05) is 58.4 Å². The molecule has 29 heavy (non-hydrogen) atoms. The predicted molar refractivity (Wildman–Crippen MR) is 108 cm³/mol. The highest BCUT2D eigenvalue weighted by molar-refractivity contribution is 6.02. The summed E-state index contributed by atoms with van der Waals surface area (Å²) in [5.41, 5.74) is 7.46. The molecule has 2 rings (SSSR count). The van der Waals surface area contributed by atoms with Gasteiger partial charge in [0, 0.05) is 44.0 Å². The van der Waals surface area contributed by atoms with E-state index in [2.05, 4.69) is 29.6 Å². The number of aliphatic imine (C=N–C) groups is 1. The minimum Gasteiger partial charge on any atom is -0.469 e. The molecule has 0 spiro atoms. The van der Waals surface area contributed by atoms with Crippen molar-refractivity contribution in [3.8, 4) is 0 Å². The average molecular weight is 405 g/mol. The fraction of sp³-hybridized carbons (Fsp3) is 0.474. The molecule has 3 N–H and O–H groups in total. The molecule has 1 heterocycles. The van der Waals surface area contributed by atoms with Crippen LogP contribution in [0.1, 0.15) is 12.0 Å². The van der Waals surface area contributed by atoms with Crippen LogP contribution in [0, 0.1) is 0 Å². The number of carbonyl (C=O) groups excluding carboxylic acids is 3. The highest BCUT2D eigenvalue weighted by atomic mass is 16.5. The summed E-state index contributed by atoms with van der Waals surface area (Å²) >= 11 is 0. The molecule has 158 valence electrons. The topological polar surface area (TPSA) is 127 Å². The number of methoxy groups -OCH3 is 2. The SMILES string of the molecule is COC(=O)CCNC(=O)CN1CCN(c2ccc(/C(N)=N\C(=O)OC)cc2)CC1. The normalized spacial score (nSPS) is 15.0. The maximum atomic E-state index is 12.0. The third-order valence-corrected chi connectivity index (χ3v) is 4.53. The number of carbonyl (C=O) groups is 3. The van der Waals surface area contributed by atoms with Crippen molar-refractivity contribution in [2.45, 2.75) is 6.42 Å². The lowest BCUT2D eigenvalue weighted by Gasteiger charge is -2.35. The Hall–Kier alpha value is -3.14. The van der Waals surface area contributed by atoms with Gasteiger partial charge in [-0.3, -0.25) is 14.5 Å². The molecule has 0 aromatic heterocycles. The van der Waals surface area contributed by atoms with Gasteiger partial charge in [0.2, 0.25) is 5.91 Å². The van der Waals surface area contributed by atoms with Crippen molar-refractivity contribution in [3.63, 3.8) is 0 Å². The number of ether oxygens (including phenoxy) is 2. The van der Waals surface area contributed by atoms with Gasteiger partial charge in [0.05, 0.1) is 27.2 Å². The van der Waals surface area contributed by atoms with Crippen LogP contribution in [0.2, 0.25) is 0 Å². The first-order chi connectivity index (χ1) is 13.9. The second-order valence-electron chi connectivity index (χ2n) is 6.45. The smallest absolute Gasteiger partial charge is 0.435 e. The summed E-state index contributed by atoms with van der Waals surface area (Å²) in [6.07, 6.45) is -0.571. The van der Waals surface area contributed by atoms with Crippen LogP contribution < -0.4 is 16.0 Å². The molecule has 0 atom stereocenters. The number of benzene rings is 1. The molecule has 0 unspecified atom stereocenters. The Morgan fingerprint density at radius 3 is 2.31 bits per heavy atom. The molecule has 1 aromatic rings. The van der Waals surface area contributed by atoms with Gasteiger partial charge in [-0.2, -0.15) is 4.99 Å². The minimum atomic E-state index is -0.739. The van der Waals surface area contributed by atoms with Gasteiger partial charge in [-0.15, -0.1) is 0 Å². The van der Waals surface area contributed by atoms with Gasteiger partial charge in [0.15, 0.2) is 0 Å². The highest BCUT2D eigenvalue weighted by Gasteiger charge is 2.19. The molecular weight excluding hydrogens is 378 g/mol. The van der Waals surface area contributed by atoms with Crippen molar-refractivity contribution >= 4 is 29.5 Å². The molecule has 2 amide bonds. The van der Waals surface area contributed by atoms with Gasteiger partial charge in [0.1, 0.15) is 5.84 Å². The van der Waals surface area contributed by atoms with E-state index in [1.54, 1.807) is 12.1 Å². The first-order valence-electron chi connectivity index (χ1n) is 9.26. The van der Waals surface area contributed by atoms with Gasteiger partial charge in [0.25, 0.3) is 0 Å². The summed E-state index contributed by atoms with van der Waals surface area (Å²) in [6.45, 7) is 3.63. The number of nitrogens with one attached hydrogen (secondary N) is 1. The average Bonchev–Trinajstić information content (AvgIpc) is 2.74. The minimum absolute atomic E-state index is 0.103. The van der Waals surface area contributed by atoms with Crippen LogP contribution in [0.15, 0.2) is 29.3 Å². The molecule has 10 heteroatoms. The van der Waals surface area contributed by atoms with Crippen molar-refractivity contribution in [3.05, 3.63) is 29.8 Å². The molecule has 1 aliphatic rings. The summed E-state index contributed by atoms with van der Waals surface area (Å²) in [7, 11) is 2.57. The number of amidine groups is 1. The Kier molecular flexibility index (Phi) is 8.41. The van der Waals surface area contributed by atoms with Gasteiger partial charge in [-0.05, 0) is 24.3 Å². The van der Waals surface area contributed by atoms with E-state index in [0.717, 1.165) is 31.9 Å². The summed E-state index contributed by atoms with van der Waals surface area (Å²) in [4.78, 5) is 42.1. The number of hydrogen-bond acceptors (Lipinski definition) is 7. The second kappa shape index (κ2) is 11.0. The van der Waals surface area contributed by atoms with Gasteiger partial charge < -0.3 is 25.4 Å². The van der Waals surface area contributed by atoms with E-state index in [4.69, 9.17) is 5.73 Å². The Morgan fingerprint density at radius 2 is 1.72 bits per heavy atom. The molecule has 1 fully saturated rings. The van der Waals surface area contributed by atoms with E-state index in [0.29, 0.717) is 12.1 Å². The van der Waals surface area contributed by atoms with E-state index < -0.39 is 6.09 Å². The first-order valence-corrected chi connectivity index (χ1v) is 9.26. The number of anilines is 1. The van der Waals surface area contributed by atoms with E-state index >= 15 is 0 Å². The number of piperazine rings is 1. The second-order valence-corrected chi connectivity index (χ2v) is 6.45. The van der Waals surface area contributed by atoms with Crippen LogP contribution in [0.25, 0.3) is 0 Å². The van der Waals surface area contributed by atoms with Crippen LogP contribution in [0.5, 0.6) is 0 Å². The zero-order chi connectivity index (χ0) is 21.2. The molecule has 0 aliphatic carbocycles. The third-order valence-electron chi connectivity index (χ3n) is 4.53. The van der Waals surface area contributed by atoms with Gasteiger partial charge >= 0.3 is 12.1 Å². The fourth-order valence-electron chi connectivity index (χ4n) is 2.88. The quantitative estimate of drug-likeness (QED) is 0.368. The fourth-order valence-corrected chi connectivity index (χ4v) is 2.88. The number of esters is 1. The number of nitrogens with zero attached hydrogens (tertiary/aromatic N) is 3. The van der Waals surface area contributed by atoms with Crippen molar-refractivity contribution < 1.29 is 23.9 Å². The molecule has 1 aliphatic heterocycles. The molecular formula is C19H27N5O5. The standard InChI is InChI=1S/C19H27N5O5/c1-28-17(26)7-8-21-16(25)13-23-9-11-24(12-10-23)15-5-3-14(4-6-15)18(20)22-19(27)29-2/h3-6H,7-13H2,1-2H3,(H,21,25)(H2,20,22,27). The number of hydrogen-bond donors (Lipinski definition) is 2. The zero-order valence-corrected chi connectivity index (χ0v) is 16.7. The molecule has 0 bridgehead atoms. The predicted octanol–water partition coefficient (Wildman–Crippen LogP) is -0.0404. The summed E-state index contributed by atoms with van der Waals surface area (Å²) in [6, 6.07) is 7.45. The van der Waals surface area contributed by atoms with Crippen molar-refractivity contribution in [1.82, 2.24) is 10.2 Å². The molecule has 0 radical (unpaired) electrons. The monoisotopic (exact) mass is 405 g/mol. The van der Waals surface area contributed by atoms with Crippen LogP contribution in [0.3, 0.4) is 0 Å². The van der Waals surface area contributed by atoms with Crippen LogP contribution in [-0.2, 0) is 19.1 Å². The van der Waals surface area contributed by atoms with E-state index in [1.807, 2.05) is 12.1 Å². The molecule has 0 saturated carbocycles. The lowest BCUT2D eigenvalue weighted by atomic mass is 10.1. The third kappa shape index (κ3) is 7.07. The lowest BCUT2D eigenvalue weighted by molar-refractivity contribution is -0.140. The Balaban J connectivity index is 1.79. The highest BCUT2D eigenvalue weighted by Crippen LogP contribution is 2.17. The first kappa shape index (κ1) is 22.2. The zero-order valence-electron chi connectivity index (χ0n) is 16.7. The Bertz CT molecular complexity index is 742. The van der Waals surface area contributed by atoms with Crippen LogP contribution in [0.4, 0.5) is 10.5 Å². The lowest BCUT2D eigenvalue weighted by Crippen LogP contribution is -2.49. The maximum Gasteiger partial charge on any atom is 0.435 e. The van der Waals surface area contributed by atoms with E-state index in [-0.39, 0.29) is 30.7 Å². The summed E-state index contributed by atoms with van der Waals surface area (Å²) in [5.74, 6) is -0.346. The van der Waals surface area contributed by atoms with Crippen LogP contribution in [-0.4, -0.2) is 82.2 Å². The number of nitrogens with two attached hydrogens (primary N) is 1. The largest absolute Gasteiger partial charge is 0.469 e. The van der Waals surface area contributed by atoms with Gasteiger partial charge in [-0.25, -0.2) is 4.79 Å².